The smallest absolute Gasteiger partial charge is 0.203 e. The van der Waals surface area contributed by atoms with Gasteiger partial charge in [0, 0.05) is 11.5 Å². The zero-order valence-corrected chi connectivity index (χ0v) is 8.51. The number of rotatable bonds is 2. The lowest BCUT2D eigenvalue weighted by molar-refractivity contribution is -0.121. The molecule has 15 heavy (non-hydrogen) atoms. The maximum atomic E-state index is 11.3. The van der Waals surface area contributed by atoms with E-state index in [0.29, 0.717) is 12.0 Å². The molecule has 0 aromatic carbocycles. The molecular formula is C11H14O4. The van der Waals surface area contributed by atoms with Crippen molar-refractivity contribution in [3.05, 3.63) is 23.5 Å². The first-order valence-corrected chi connectivity index (χ1v) is 4.99. The summed E-state index contributed by atoms with van der Waals surface area (Å²) in [6.07, 6.45) is 2.97. The quantitative estimate of drug-likeness (QED) is 0.646. The summed E-state index contributed by atoms with van der Waals surface area (Å²) < 4.78 is 5.02. The van der Waals surface area contributed by atoms with E-state index < -0.39 is 6.29 Å². The molecule has 0 fully saturated rings. The summed E-state index contributed by atoms with van der Waals surface area (Å²) in [5, 5.41) is 18.8. The number of allylic oxidation sites excluding steroid dienone is 2. The van der Waals surface area contributed by atoms with Crippen LogP contribution in [0.3, 0.4) is 0 Å². The van der Waals surface area contributed by atoms with Crippen molar-refractivity contribution in [2.75, 3.05) is 6.61 Å². The van der Waals surface area contributed by atoms with Gasteiger partial charge in [-0.15, -0.1) is 0 Å². The van der Waals surface area contributed by atoms with Gasteiger partial charge in [-0.25, -0.2) is 0 Å². The maximum Gasteiger partial charge on any atom is 0.203 e. The molecule has 0 saturated heterocycles. The van der Waals surface area contributed by atoms with Crippen molar-refractivity contribution >= 4 is 5.78 Å². The average Bonchev–Trinajstić information content (AvgIpc) is 2.62. The Labute approximate surface area is 87.9 Å². The third-order valence-electron chi connectivity index (χ3n) is 3.13. The van der Waals surface area contributed by atoms with Gasteiger partial charge < -0.3 is 14.9 Å². The fourth-order valence-electron chi connectivity index (χ4n) is 2.35. The van der Waals surface area contributed by atoms with Crippen LogP contribution >= 0.6 is 0 Å². The van der Waals surface area contributed by atoms with Gasteiger partial charge in [-0.05, 0) is 18.9 Å². The zero-order valence-electron chi connectivity index (χ0n) is 8.51. The van der Waals surface area contributed by atoms with Gasteiger partial charge in [0.1, 0.15) is 0 Å². The van der Waals surface area contributed by atoms with Gasteiger partial charge in [0.25, 0.3) is 0 Å². The minimum absolute atomic E-state index is 0.0339. The summed E-state index contributed by atoms with van der Waals surface area (Å²) in [5.41, 5.74) is 1.37. The van der Waals surface area contributed by atoms with Crippen LogP contribution in [0.25, 0.3) is 0 Å². The largest absolute Gasteiger partial charge is 0.472 e. The number of aliphatic hydroxyl groups is 2. The topological polar surface area (TPSA) is 66.8 Å². The fourth-order valence-corrected chi connectivity index (χ4v) is 2.35. The van der Waals surface area contributed by atoms with Crippen LogP contribution in [0.4, 0.5) is 0 Å². The van der Waals surface area contributed by atoms with Crippen LogP contribution in [0.2, 0.25) is 0 Å². The molecule has 0 aromatic heterocycles. The van der Waals surface area contributed by atoms with E-state index >= 15 is 0 Å². The van der Waals surface area contributed by atoms with Crippen molar-refractivity contribution in [2.24, 2.45) is 11.8 Å². The van der Waals surface area contributed by atoms with Gasteiger partial charge in [-0.2, -0.15) is 0 Å². The van der Waals surface area contributed by atoms with E-state index in [0.717, 1.165) is 5.57 Å². The number of ketones is 1. The minimum atomic E-state index is -0.945. The van der Waals surface area contributed by atoms with Crippen LogP contribution in [-0.2, 0) is 9.53 Å². The Morgan fingerprint density at radius 3 is 3.00 bits per heavy atom. The molecule has 3 atom stereocenters. The molecule has 0 radical (unpaired) electrons. The second kappa shape index (κ2) is 3.79. The maximum absolute atomic E-state index is 11.3. The molecule has 2 rings (SSSR count). The highest BCUT2D eigenvalue weighted by molar-refractivity contribution is 5.93. The van der Waals surface area contributed by atoms with Crippen molar-refractivity contribution in [1.82, 2.24) is 0 Å². The van der Waals surface area contributed by atoms with Crippen molar-refractivity contribution in [1.29, 1.82) is 0 Å². The van der Waals surface area contributed by atoms with Crippen molar-refractivity contribution < 1.29 is 19.7 Å². The van der Waals surface area contributed by atoms with E-state index in [-0.39, 0.29) is 24.2 Å². The highest BCUT2D eigenvalue weighted by atomic mass is 16.6. The van der Waals surface area contributed by atoms with Gasteiger partial charge >= 0.3 is 0 Å². The van der Waals surface area contributed by atoms with Crippen molar-refractivity contribution in [3.63, 3.8) is 0 Å². The molecule has 2 aliphatic rings. The number of Topliss-reactive ketones (excluding diaryl/α,β-unsaturated/α-hetero) is 1. The van der Waals surface area contributed by atoms with Crippen LogP contribution in [0.15, 0.2) is 23.5 Å². The molecule has 82 valence electrons. The molecule has 0 aromatic rings. The molecule has 0 amide bonds. The molecule has 1 aliphatic heterocycles. The Morgan fingerprint density at radius 2 is 2.40 bits per heavy atom. The molecule has 1 aliphatic carbocycles. The number of hydrogen-bond acceptors (Lipinski definition) is 4. The molecule has 3 unspecified atom stereocenters. The van der Waals surface area contributed by atoms with Gasteiger partial charge in [-0.3, -0.25) is 4.79 Å². The number of fused-ring (bicyclic) bond motifs is 1. The SMILES string of the molecule is CC(=O)C1=COC(O)C2C(CO)=CCC12. The number of carbonyl (C=O) groups excluding carboxylic acids is 1. The monoisotopic (exact) mass is 210 g/mol. The molecule has 0 bridgehead atoms. The zero-order chi connectivity index (χ0) is 11.0. The lowest BCUT2D eigenvalue weighted by Crippen LogP contribution is -2.34. The molecule has 4 heteroatoms. The van der Waals surface area contributed by atoms with E-state index in [9.17, 15) is 9.90 Å². The van der Waals surface area contributed by atoms with Crippen LogP contribution < -0.4 is 0 Å². The van der Waals surface area contributed by atoms with Crippen LogP contribution in [0, 0.1) is 11.8 Å². The Morgan fingerprint density at radius 1 is 1.67 bits per heavy atom. The standard InChI is InChI=1S/C11H14O4/c1-6(13)9-5-15-11(14)10-7(4-12)2-3-8(9)10/h2,5,8,10-12,14H,3-4H2,1H3. The van der Waals surface area contributed by atoms with Gasteiger partial charge in [0.05, 0.1) is 18.8 Å². The van der Waals surface area contributed by atoms with Gasteiger partial charge in [0.15, 0.2) is 5.78 Å². The van der Waals surface area contributed by atoms with E-state index in [1.165, 1.54) is 13.2 Å². The van der Waals surface area contributed by atoms with Gasteiger partial charge in [-0.1, -0.05) is 6.08 Å². The highest BCUT2D eigenvalue weighted by Gasteiger charge is 2.41. The predicted octanol–water partition coefficient (Wildman–Crippen LogP) is 0.363. The number of hydrogen-bond donors (Lipinski definition) is 2. The van der Waals surface area contributed by atoms with E-state index in [4.69, 9.17) is 9.84 Å². The lowest BCUT2D eigenvalue weighted by Gasteiger charge is -2.31. The molecular weight excluding hydrogens is 196 g/mol. The fraction of sp³-hybridized carbons (Fsp3) is 0.545. The Hall–Kier alpha value is -1.13. The first-order valence-electron chi connectivity index (χ1n) is 4.99. The second-order valence-corrected chi connectivity index (χ2v) is 3.96. The Bertz CT molecular complexity index is 342. The third-order valence-corrected chi connectivity index (χ3v) is 3.13. The summed E-state index contributed by atoms with van der Waals surface area (Å²) in [7, 11) is 0. The summed E-state index contributed by atoms with van der Waals surface area (Å²) in [6.45, 7) is 1.40. The predicted molar refractivity (Wildman–Crippen MR) is 52.6 cm³/mol. The normalized spacial score (nSPS) is 33.9. The Balaban J connectivity index is 2.29. The van der Waals surface area contributed by atoms with E-state index in [2.05, 4.69) is 0 Å². The van der Waals surface area contributed by atoms with Crippen LogP contribution in [0.1, 0.15) is 13.3 Å². The first kappa shape index (κ1) is 10.4. The third kappa shape index (κ3) is 1.60. The number of carbonyl (C=O) groups is 1. The minimum Gasteiger partial charge on any atom is -0.472 e. The van der Waals surface area contributed by atoms with Gasteiger partial charge in [0.2, 0.25) is 6.29 Å². The number of ether oxygens (including phenoxy) is 1. The summed E-state index contributed by atoms with van der Waals surface area (Å²) in [5.74, 6) is -0.336. The summed E-state index contributed by atoms with van der Waals surface area (Å²) >= 11 is 0. The number of aliphatic hydroxyl groups excluding tert-OH is 2. The molecule has 0 spiro atoms. The summed E-state index contributed by atoms with van der Waals surface area (Å²) in [6, 6.07) is 0. The highest BCUT2D eigenvalue weighted by Crippen LogP contribution is 2.42. The Kier molecular flexibility index (Phi) is 2.63. The van der Waals surface area contributed by atoms with E-state index in [1.807, 2.05) is 6.08 Å². The summed E-state index contributed by atoms with van der Waals surface area (Å²) in [4.78, 5) is 11.3. The average molecular weight is 210 g/mol. The van der Waals surface area contributed by atoms with Crippen molar-refractivity contribution in [2.45, 2.75) is 19.6 Å². The van der Waals surface area contributed by atoms with E-state index in [1.54, 1.807) is 0 Å². The first-order chi connectivity index (χ1) is 7.15. The molecule has 1 heterocycles. The van der Waals surface area contributed by atoms with Crippen LogP contribution in [0.5, 0.6) is 0 Å². The lowest BCUT2D eigenvalue weighted by atomic mass is 9.82. The molecule has 0 saturated carbocycles. The van der Waals surface area contributed by atoms with Crippen molar-refractivity contribution in [3.8, 4) is 0 Å². The molecule has 2 N–H and O–H groups in total. The van der Waals surface area contributed by atoms with Crippen LogP contribution in [-0.4, -0.2) is 28.9 Å². The second-order valence-electron chi connectivity index (χ2n) is 3.96. The molecule has 4 nitrogen and oxygen atoms in total.